The minimum Gasteiger partial charge on any atom is -0.495 e. The summed E-state index contributed by atoms with van der Waals surface area (Å²) in [6.45, 7) is 0.634. The minimum absolute atomic E-state index is 0.0425. The number of para-hydroxylation sites is 2. The van der Waals surface area contributed by atoms with E-state index >= 15 is 0 Å². The Morgan fingerprint density at radius 2 is 1.78 bits per heavy atom. The predicted molar refractivity (Wildman–Crippen MR) is 147 cm³/mol. The molecule has 3 saturated heterocycles. The third-order valence-corrected chi connectivity index (χ3v) is 9.25. The molecular formula is C30H23N5O6. The van der Waals surface area contributed by atoms with Crippen molar-refractivity contribution >= 4 is 34.1 Å². The van der Waals surface area contributed by atoms with Gasteiger partial charge in [0.1, 0.15) is 22.8 Å². The lowest BCUT2D eigenvalue weighted by molar-refractivity contribution is -0.384. The number of hydrogen-bond acceptors (Lipinski definition) is 8. The van der Waals surface area contributed by atoms with E-state index in [9.17, 15) is 24.5 Å². The Morgan fingerprint density at radius 1 is 1.00 bits per heavy atom. The number of non-ortho nitro benzene ring substituents is 1. The van der Waals surface area contributed by atoms with Crippen LogP contribution < -0.4 is 15.2 Å². The van der Waals surface area contributed by atoms with Gasteiger partial charge in [-0.15, -0.1) is 0 Å². The lowest BCUT2D eigenvalue weighted by atomic mass is 9.75. The molecule has 0 saturated carbocycles. The zero-order valence-electron chi connectivity index (χ0n) is 21.9. The molecule has 4 aliphatic rings. The molecular weight excluding hydrogens is 526 g/mol. The Balaban J connectivity index is 1.42. The van der Waals surface area contributed by atoms with Gasteiger partial charge >= 0.3 is 0 Å². The highest BCUT2D eigenvalue weighted by Crippen LogP contribution is 2.62. The van der Waals surface area contributed by atoms with Gasteiger partial charge in [-0.2, -0.15) is 0 Å². The second kappa shape index (κ2) is 8.07. The van der Waals surface area contributed by atoms with Crippen LogP contribution in [-0.2, 0) is 15.1 Å². The first-order chi connectivity index (χ1) is 19.9. The molecule has 0 aliphatic carbocycles. The number of carbonyl (C=O) groups is 2. The maximum Gasteiger partial charge on any atom is 0.271 e. The summed E-state index contributed by atoms with van der Waals surface area (Å²) >= 11 is 0. The van der Waals surface area contributed by atoms with E-state index < -0.39 is 34.1 Å². The normalized spacial score (nSPS) is 26.0. The van der Waals surface area contributed by atoms with Gasteiger partial charge in [0, 0.05) is 23.7 Å². The van der Waals surface area contributed by atoms with E-state index in [4.69, 9.17) is 9.72 Å². The zero-order valence-corrected chi connectivity index (χ0v) is 21.9. The summed E-state index contributed by atoms with van der Waals surface area (Å²) in [4.78, 5) is 62.3. The molecule has 11 heteroatoms. The summed E-state index contributed by atoms with van der Waals surface area (Å²) in [5.41, 5.74) is 0.304. The molecule has 1 spiro atoms. The first-order valence-electron chi connectivity index (χ1n) is 13.5. The van der Waals surface area contributed by atoms with E-state index in [1.54, 1.807) is 22.8 Å². The van der Waals surface area contributed by atoms with Crippen molar-refractivity contribution in [2.24, 2.45) is 11.8 Å². The highest BCUT2D eigenvalue weighted by atomic mass is 16.6. The number of nitrogens with zero attached hydrogens (tertiary/aromatic N) is 5. The van der Waals surface area contributed by atoms with E-state index in [2.05, 4.69) is 4.90 Å². The Bertz CT molecular complexity index is 1920. The van der Waals surface area contributed by atoms with Crippen LogP contribution in [0.25, 0.3) is 16.6 Å². The summed E-state index contributed by atoms with van der Waals surface area (Å²) in [7, 11) is 1.39. The van der Waals surface area contributed by atoms with Gasteiger partial charge in [0.2, 0.25) is 11.8 Å². The number of benzene rings is 3. The molecule has 3 aromatic carbocycles. The molecule has 5 heterocycles. The maximum atomic E-state index is 14.6. The van der Waals surface area contributed by atoms with Crippen molar-refractivity contribution in [3.63, 3.8) is 0 Å². The van der Waals surface area contributed by atoms with Crippen molar-refractivity contribution in [3.05, 3.63) is 98.6 Å². The van der Waals surface area contributed by atoms with Gasteiger partial charge in [-0.3, -0.25) is 34.0 Å². The van der Waals surface area contributed by atoms with E-state index in [-0.39, 0.29) is 28.7 Å². The van der Waals surface area contributed by atoms with Crippen molar-refractivity contribution in [1.82, 2.24) is 14.5 Å². The van der Waals surface area contributed by atoms with Crippen LogP contribution in [0.2, 0.25) is 0 Å². The number of nitro groups is 1. The topological polar surface area (TPSA) is 128 Å². The van der Waals surface area contributed by atoms with E-state index in [1.165, 1.54) is 25.3 Å². The standard InChI is InChI=1S/C30H23N5O6/c1-41-23-13-12-16(35(39)40)15-22(23)33-27(37)24-21-11-6-14-32(21)30(25(24)28(33)38)18-8-3-5-10-20(18)34-26(36)17-7-2-4-9-19(17)31-29(30)34/h2-5,7-10,12-13,15,21,24-25H,6,11,14H2,1H3/t21-,24+,25-,30-/m0/s1. The average Bonchev–Trinajstić information content (AvgIpc) is 3.70. The smallest absolute Gasteiger partial charge is 0.271 e. The molecule has 4 atom stereocenters. The summed E-state index contributed by atoms with van der Waals surface area (Å²) in [6, 6.07) is 18.2. The number of anilines is 1. The molecule has 41 heavy (non-hydrogen) atoms. The van der Waals surface area contributed by atoms with Gasteiger partial charge in [0.05, 0.1) is 40.5 Å². The number of aromatic nitrogens is 2. The number of hydrogen-bond donors (Lipinski definition) is 0. The van der Waals surface area contributed by atoms with Crippen LogP contribution in [-0.4, -0.2) is 50.9 Å². The number of carbonyl (C=O) groups excluding carboxylic acids is 2. The number of fused-ring (bicyclic) bond motifs is 11. The fourth-order valence-electron chi connectivity index (χ4n) is 7.82. The number of rotatable bonds is 3. The van der Waals surface area contributed by atoms with Crippen molar-refractivity contribution in [2.75, 3.05) is 18.6 Å². The van der Waals surface area contributed by atoms with Gasteiger partial charge in [0.15, 0.2) is 0 Å². The van der Waals surface area contributed by atoms with Crippen molar-refractivity contribution < 1.29 is 19.2 Å². The molecule has 0 unspecified atom stereocenters. The van der Waals surface area contributed by atoms with Crippen LogP contribution in [0.15, 0.2) is 71.5 Å². The van der Waals surface area contributed by atoms with E-state index in [0.717, 1.165) is 16.9 Å². The lowest BCUT2D eigenvalue weighted by Gasteiger charge is -2.38. The summed E-state index contributed by atoms with van der Waals surface area (Å²) in [6.07, 6.45) is 1.51. The van der Waals surface area contributed by atoms with E-state index in [1.807, 2.05) is 30.3 Å². The molecule has 0 bridgehead atoms. The SMILES string of the molecule is COc1ccc([N+](=O)[O-])cc1N1C(=O)[C@H]2[C@@H](C1=O)[C@]1(c3ccccc3-n3c1nc1ccccc1c3=O)N1CCC[C@@H]21. The first kappa shape index (κ1) is 23.9. The molecule has 0 radical (unpaired) electrons. The number of ether oxygens (including phenoxy) is 1. The number of amides is 2. The number of methoxy groups -OCH3 is 1. The van der Waals surface area contributed by atoms with Crippen molar-refractivity contribution in [2.45, 2.75) is 24.4 Å². The highest BCUT2D eigenvalue weighted by molar-refractivity contribution is 6.24. The zero-order chi connectivity index (χ0) is 28.2. The fraction of sp³-hybridized carbons (Fsp3) is 0.267. The predicted octanol–water partition coefficient (Wildman–Crippen LogP) is 3.14. The van der Waals surface area contributed by atoms with Crippen molar-refractivity contribution in [3.8, 4) is 11.4 Å². The summed E-state index contributed by atoms with van der Waals surface area (Å²) in [5, 5.41) is 12.1. The van der Waals surface area contributed by atoms with E-state index in [0.29, 0.717) is 35.4 Å². The Labute approximate surface area is 232 Å². The molecule has 1 aromatic heterocycles. The summed E-state index contributed by atoms with van der Waals surface area (Å²) in [5.74, 6) is -1.92. The van der Waals surface area contributed by atoms with Gasteiger partial charge in [-0.05, 0) is 43.7 Å². The molecule has 4 aliphatic heterocycles. The quantitative estimate of drug-likeness (QED) is 0.217. The highest BCUT2D eigenvalue weighted by Gasteiger charge is 2.74. The molecule has 8 rings (SSSR count). The third-order valence-electron chi connectivity index (χ3n) is 9.25. The Hall–Kier alpha value is -4.90. The maximum absolute atomic E-state index is 14.6. The average molecular weight is 550 g/mol. The van der Waals surface area contributed by atoms with Crippen LogP contribution in [0.3, 0.4) is 0 Å². The molecule has 3 fully saturated rings. The monoisotopic (exact) mass is 549 g/mol. The lowest BCUT2D eigenvalue weighted by Crippen LogP contribution is -2.51. The molecule has 2 amide bonds. The Morgan fingerprint density at radius 3 is 2.59 bits per heavy atom. The molecule has 11 nitrogen and oxygen atoms in total. The second-order valence-electron chi connectivity index (χ2n) is 10.9. The van der Waals surface area contributed by atoms with Crippen LogP contribution >= 0.6 is 0 Å². The number of nitro benzene ring substituents is 1. The minimum atomic E-state index is -1.17. The molecule has 4 aromatic rings. The van der Waals surface area contributed by atoms with Gasteiger partial charge < -0.3 is 4.74 Å². The number of imide groups is 1. The third kappa shape index (κ3) is 2.76. The second-order valence-corrected chi connectivity index (χ2v) is 10.9. The van der Waals surface area contributed by atoms with Crippen LogP contribution in [0.1, 0.15) is 24.2 Å². The summed E-state index contributed by atoms with van der Waals surface area (Å²) < 4.78 is 7.06. The Kier molecular flexibility index (Phi) is 4.71. The van der Waals surface area contributed by atoms with Gasteiger partial charge in [0.25, 0.3) is 11.2 Å². The van der Waals surface area contributed by atoms with Crippen LogP contribution in [0.4, 0.5) is 11.4 Å². The first-order valence-corrected chi connectivity index (χ1v) is 13.5. The van der Waals surface area contributed by atoms with Crippen LogP contribution in [0, 0.1) is 22.0 Å². The van der Waals surface area contributed by atoms with Gasteiger partial charge in [-0.1, -0.05) is 30.3 Å². The van der Waals surface area contributed by atoms with Crippen molar-refractivity contribution in [1.29, 1.82) is 0 Å². The largest absolute Gasteiger partial charge is 0.495 e. The molecule has 0 N–H and O–H groups in total. The van der Waals surface area contributed by atoms with Crippen LogP contribution in [0.5, 0.6) is 5.75 Å². The fourth-order valence-corrected chi connectivity index (χ4v) is 7.82. The van der Waals surface area contributed by atoms with Gasteiger partial charge in [-0.25, -0.2) is 9.88 Å². The molecule has 204 valence electrons.